The van der Waals surface area contributed by atoms with Crippen LogP contribution in [0.15, 0.2) is 47.0 Å². The van der Waals surface area contributed by atoms with Crippen LogP contribution < -0.4 is 4.90 Å². The van der Waals surface area contributed by atoms with Gasteiger partial charge in [-0.2, -0.15) is 18.2 Å². The largest absolute Gasteiger partial charge is 0.416 e. The van der Waals surface area contributed by atoms with E-state index in [1.807, 2.05) is 0 Å². The first-order chi connectivity index (χ1) is 13.7. The highest BCUT2D eigenvalue weighted by molar-refractivity contribution is 5.96. The van der Waals surface area contributed by atoms with Crippen molar-refractivity contribution in [1.82, 2.24) is 10.1 Å². The van der Waals surface area contributed by atoms with Gasteiger partial charge in [-0.25, -0.2) is 8.78 Å². The van der Waals surface area contributed by atoms with Crippen LogP contribution in [0.3, 0.4) is 0 Å². The van der Waals surface area contributed by atoms with Gasteiger partial charge in [0.05, 0.1) is 11.5 Å². The van der Waals surface area contributed by atoms with E-state index in [1.54, 1.807) is 0 Å². The van der Waals surface area contributed by atoms with Crippen LogP contribution in [0.5, 0.6) is 0 Å². The second-order valence-corrected chi connectivity index (χ2v) is 6.56. The van der Waals surface area contributed by atoms with E-state index in [2.05, 4.69) is 10.1 Å². The van der Waals surface area contributed by atoms with E-state index in [-0.39, 0.29) is 36.3 Å². The van der Waals surface area contributed by atoms with Gasteiger partial charge in [-0.3, -0.25) is 4.79 Å². The van der Waals surface area contributed by atoms with Gasteiger partial charge in [0.25, 0.3) is 0 Å². The first kappa shape index (κ1) is 19.0. The van der Waals surface area contributed by atoms with E-state index >= 15 is 0 Å². The number of aromatic nitrogens is 2. The van der Waals surface area contributed by atoms with Crippen LogP contribution in [0.4, 0.5) is 27.6 Å². The van der Waals surface area contributed by atoms with Crippen molar-refractivity contribution in [2.45, 2.75) is 18.5 Å². The summed E-state index contributed by atoms with van der Waals surface area (Å²) in [6, 6.07) is 7.05. The lowest BCUT2D eigenvalue weighted by Gasteiger charge is -2.16. The molecule has 10 heteroatoms. The number of carbonyl (C=O) groups is 1. The van der Waals surface area contributed by atoms with Crippen molar-refractivity contribution in [2.75, 3.05) is 11.4 Å². The summed E-state index contributed by atoms with van der Waals surface area (Å²) in [5.74, 6) is -2.29. The SMILES string of the molecule is O=C1CC(c2nc(-c3ccc(C(F)(F)F)cc3)no2)CN1c1cc(F)cc(F)c1. The molecule has 0 N–H and O–H groups in total. The van der Waals surface area contributed by atoms with E-state index in [4.69, 9.17) is 4.52 Å². The molecule has 150 valence electrons. The van der Waals surface area contributed by atoms with Crippen LogP contribution in [0.2, 0.25) is 0 Å². The van der Waals surface area contributed by atoms with Crippen LogP contribution in [0.1, 0.15) is 23.8 Å². The van der Waals surface area contributed by atoms with E-state index in [1.165, 1.54) is 17.0 Å². The molecule has 0 aliphatic carbocycles. The van der Waals surface area contributed by atoms with Crippen molar-refractivity contribution in [3.8, 4) is 11.4 Å². The summed E-state index contributed by atoms with van der Waals surface area (Å²) < 4.78 is 70.0. The quantitative estimate of drug-likeness (QED) is 0.596. The number of anilines is 1. The van der Waals surface area contributed by atoms with Crippen LogP contribution in [0, 0.1) is 11.6 Å². The molecule has 4 rings (SSSR count). The normalized spacial score (nSPS) is 17.2. The van der Waals surface area contributed by atoms with Gasteiger partial charge in [-0.1, -0.05) is 17.3 Å². The molecular weight excluding hydrogens is 397 g/mol. The summed E-state index contributed by atoms with van der Waals surface area (Å²) in [4.78, 5) is 17.7. The Bertz CT molecular complexity index is 1040. The van der Waals surface area contributed by atoms with Crippen molar-refractivity contribution >= 4 is 11.6 Å². The third-order valence-corrected chi connectivity index (χ3v) is 4.55. The topological polar surface area (TPSA) is 59.2 Å². The van der Waals surface area contributed by atoms with Crippen LogP contribution in [0.25, 0.3) is 11.4 Å². The number of hydrogen-bond donors (Lipinski definition) is 0. The van der Waals surface area contributed by atoms with Gasteiger partial charge in [0.15, 0.2) is 0 Å². The minimum absolute atomic E-state index is 0.00717. The zero-order chi connectivity index (χ0) is 20.8. The molecule has 1 atom stereocenters. The molecule has 5 nitrogen and oxygen atoms in total. The van der Waals surface area contributed by atoms with Crippen molar-refractivity contribution in [3.05, 3.63) is 65.6 Å². The molecule has 1 aliphatic rings. The Morgan fingerprint density at radius 2 is 1.69 bits per heavy atom. The zero-order valence-electron chi connectivity index (χ0n) is 14.6. The molecule has 2 aromatic carbocycles. The van der Waals surface area contributed by atoms with Gasteiger partial charge in [0, 0.05) is 30.3 Å². The molecule has 1 aliphatic heterocycles. The molecule has 1 amide bonds. The van der Waals surface area contributed by atoms with Gasteiger partial charge in [0.1, 0.15) is 11.6 Å². The van der Waals surface area contributed by atoms with Gasteiger partial charge in [-0.05, 0) is 24.3 Å². The fraction of sp³-hybridized carbons (Fsp3) is 0.211. The number of carbonyl (C=O) groups excluding carboxylic acids is 1. The number of alkyl halides is 3. The molecule has 1 unspecified atom stereocenters. The van der Waals surface area contributed by atoms with Gasteiger partial charge in [-0.15, -0.1) is 0 Å². The molecule has 3 aromatic rings. The predicted molar refractivity (Wildman–Crippen MR) is 90.8 cm³/mol. The van der Waals surface area contributed by atoms with Crippen molar-refractivity contribution < 1.29 is 31.3 Å². The lowest BCUT2D eigenvalue weighted by molar-refractivity contribution is -0.137. The number of rotatable bonds is 3. The summed E-state index contributed by atoms with van der Waals surface area (Å²) in [5.41, 5.74) is -0.400. The zero-order valence-corrected chi connectivity index (χ0v) is 14.6. The maximum absolute atomic E-state index is 13.4. The van der Waals surface area contributed by atoms with Gasteiger partial charge < -0.3 is 9.42 Å². The first-order valence-electron chi connectivity index (χ1n) is 8.48. The molecule has 1 saturated heterocycles. The Labute approximate surface area is 160 Å². The average molecular weight is 409 g/mol. The second kappa shape index (κ2) is 6.94. The van der Waals surface area contributed by atoms with E-state index in [9.17, 15) is 26.7 Å². The minimum Gasteiger partial charge on any atom is -0.339 e. The molecule has 0 bridgehead atoms. The molecular formula is C19H12F5N3O2. The Kier molecular flexibility index (Phi) is 4.56. The predicted octanol–water partition coefficient (Wildman–Crippen LogP) is 4.55. The molecule has 1 fully saturated rings. The van der Waals surface area contributed by atoms with Crippen LogP contribution in [-0.2, 0) is 11.0 Å². The first-order valence-corrected chi connectivity index (χ1v) is 8.48. The second-order valence-electron chi connectivity index (χ2n) is 6.56. The average Bonchev–Trinajstić information content (AvgIpc) is 3.27. The van der Waals surface area contributed by atoms with E-state index in [0.29, 0.717) is 11.6 Å². The van der Waals surface area contributed by atoms with E-state index < -0.39 is 29.3 Å². The molecule has 0 saturated carbocycles. The summed E-state index contributed by atoms with van der Waals surface area (Å²) in [5, 5.41) is 3.76. The van der Waals surface area contributed by atoms with Crippen LogP contribution in [-0.4, -0.2) is 22.6 Å². The summed E-state index contributed by atoms with van der Waals surface area (Å²) in [6.07, 6.45) is -4.46. The Morgan fingerprint density at radius 3 is 2.31 bits per heavy atom. The van der Waals surface area contributed by atoms with Crippen molar-refractivity contribution in [1.29, 1.82) is 0 Å². The monoisotopic (exact) mass is 409 g/mol. The third kappa shape index (κ3) is 3.82. The fourth-order valence-corrected chi connectivity index (χ4v) is 3.14. The van der Waals surface area contributed by atoms with Crippen molar-refractivity contribution in [3.63, 3.8) is 0 Å². The summed E-state index contributed by atoms with van der Waals surface area (Å²) >= 11 is 0. The Morgan fingerprint density at radius 1 is 1.03 bits per heavy atom. The van der Waals surface area contributed by atoms with Crippen molar-refractivity contribution in [2.24, 2.45) is 0 Å². The number of benzene rings is 2. The maximum atomic E-state index is 13.4. The van der Waals surface area contributed by atoms with Crippen LogP contribution >= 0.6 is 0 Å². The molecule has 0 radical (unpaired) electrons. The number of halogens is 5. The lowest BCUT2D eigenvalue weighted by atomic mass is 10.1. The molecule has 1 aromatic heterocycles. The standard InChI is InChI=1S/C19H12F5N3O2/c20-13-6-14(21)8-15(7-13)27-9-11(5-16(27)28)18-25-17(26-29-18)10-1-3-12(4-2-10)19(22,23)24/h1-4,6-8,11H,5,9H2. The smallest absolute Gasteiger partial charge is 0.339 e. The third-order valence-electron chi connectivity index (χ3n) is 4.55. The van der Waals surface area contributed by atoms with E-state index in [0.717, 1.165) is 24.3 Å². The Hall–Kier alpha value is -3.30. The highest BCUT2D eigenvalue weighted by Crippen LogP contribution is 2.33. The number of amides is 1. The van der Waals surface area contributed by atoms with Gasteiger partial charge in [0.2, 0.25) is 17.6 Å². The molecule has 29 heavy (non-hydrogen) atoms. The Balaban J connectivity index is 1.53. The number of hydrogen-bond acceptors (Lipinski definition) is 4. The summed E-state index contributed by atoms with van der Waals surface area (Å²) in [6.45, 7) is 0.0797. The molecule has 2 heterocycles. The van der Waals surface area contributed by atoms with Gasteiger partial charge >= 0.3 is 6.18 Å². The fourth-order valence-electron chi connectivity index (χ4n) is 3.14. The number of nitrogens with zero attached hydrogens (tertiary/aromatic N) is 3. The lowest BCUT2D eigenvalue weighted by Crippen LogP contribution is -2.24. The highest BCUT2D eigenvalue weighted by atomic mass is 19.4. The highest BCUT2D eigenvalue weighted by Gasteiger charge is 2.36. The minimum atomic E-state index is -4.45. The molecule has 0 spiro atoms. The maximum Gasteiger partial charge on any atom is 0.416 e. The summed E-state index contributed by atoms with van der Waals surface area (Å²) in [7, 11) is 0.